The van der Waals surface area contributed by atoms with Crippen molar-refractivity contribution in [1.82, 2.24) is 4.57 Å². The maximum atomic E-state index is 5.50. The average molecular weight is 259 g/mol. The van der Waals surface area contributed by atoms with Gasteiger partial charge in [0, 0.05) is 6.20 Å². The average Bonchev–Trinajstić information content (AvgIpc) is 2.94. The number of ether oxygens (including phenoxy) is 2. The monoisotopic (exact) mass is 259 g/mol. The van der Waals surface area contributed by atoms with E-state index < -0.39 is 0 Å². The molecule has 0 bridgehead atoms. The minimum atomic E-state index is 0.272. The zero-order valence-electron chi connectivity index (χ0n) is 11.3. The van der Waals surface area contributed by atoms with Crippen LogP contribution in [0.3, 0.4) is 0 Å². The normalized spacial score (nSPS) is 17.9. The van der Waals surface area contributed by atoms with Gasteiger partial charge in [-0.3, -0.25) is 0 Å². The molecule has 2 N–H and O–H groups in total. The number of quaternary nitrogens is 1. The lowest BCUT2D eigenvalue weighted by Gasteiger charge is -2.25. The van der Waals surface area contributed by atoms with Crippen molar-refractivity contribution in [2.24, 2.45) is 0 Å². The molecule has 3 rings (SSSR count). The molecule has 4 nitrogen and oxygen atoms in total. The van der Waals surface area contributed by atoms with Gasteiger partial charge in [0.1, 0.15) is 11.5 Å². The van der Waals surface area contributed by atoms with Gasteiger partial charge < -0.3 is 19.4 Å². The zero-order chi connectivity index (χ0) is 13.2. The summed E-state index contributed by atoms with van der Waals surface area (Å²) >= 11 is 0. The van der Waals surface area contributed by atoms with E-state index in [0.717, 1.165) is 24.6 Å². The van der Waals surface area contributed by atoms with Crippen LogP contribution < -0.4 is 14.8 Å². The van der Waals surface area contributed by atoms with Gasteiger partial charge in [-0.25, -0.2) is 0 Å². The molecule has 0 saturated carbocycles. The topological polar surface area (TPSA) is 40.0 Å². The Balaban J connectivity index is 2.07. The molecule has 19 heavy (non-hydrogen) atoms. The summed E-state index contributed by atoms with van der Waals surface area (Å²) in [6, 6.07) is 10.5. The number of hydrogen-bond donors (Lipinski definition) is 1. The highest BCUT2D eigenvalue weighted by molar-refractivity contribution is 5.44. The smallest absolute Gasteiger partial charge is 0.156 e. The third-order valence-corrected chi connectivity index (χ3v) is 3.73. The quantitative estimate of drug-likeness (QED) is 0.899. The molecule has 4 heteroatoms. The molecule has 0 aliphatic carbocycles. The number of benzene rings is 1. The lowest BCUT2D eigenvalue weighted by atomic mass is 10.0. The number of rotatable bonds is 3. The zero-order valence-corrected chi connectivity index (χ0v) is 11.3. The predicted molar refractivity (Wildman–Crippen MR) is 72.6 cm³/mol. The molecule has 1 aliphatic heterocycles. The Kier molecular flexibility index (Phi) is 3.17. The fourth-order valence-corrected chi connectivity index (χ4v) is 2.78. The lowest BCUT2D eigenvalue weighted by Crippen LogP contribution is -2.88. The van der Waals surface area contributed by atoms with Gasteiger partial charge in [-0.05, 0) is 30.3 Å². The Labute approximate surface area is 113 Å². The number of nitrogens with two attached hydrogens (primary N) is 1. The van der Waals surface area contributed by atoms with Crippen LogP contribution in [0.2, 0.25) is 0 Å². The summed E-state index contributed by atoms with van der Waals surface area (Å²) in [5, 5.41) is 2.35. The molecule has 2 aromatic rings. The molecule has 1 aromatic heterocycles. The third-order valence-electron chi connectivity index (χ3n) is 3.73. The van der Waals surface area contributed by atoms with E-state index in [2.05, 4.69) is 34.3 Å². The van der Waals surface area contributed by atoms with E-state index in [1.165, 1.54) is 11.3 Å². The molecule has 1 atom stereocenters. The lowest BCUT2D eigenvalue weighted by molar-refractivity contribution is -0.693. The molecule has 2 heterocycles. The standard InChI is InChI=1S/C15H18N2O2/c1-18-11-5-6-14(19-2)12(10-11)15-13-4-3-8-17(13)9-7-16-15/h3-6,8,10,15-16H,7,9H2,1-2H3/p+1/t15-/m0/s1. The number of methoxy groups -OCH3 is 2. The van der Waals surface area contributed by atoms with Gasteiger partial charge in [0.05, 0.1) is 38.6 Å². The molecule has 0 fully saturated rings. The van der Waals surface area contributed by atoms with Gasteiger partial charge in [0.25, 0.3) is 0 Å². The summed E-state index contributed by atoms with van der Waals surface area (Å²) < 4.78 is 13.2. The van der Waals surface area contributed by atoms with Crippen molar-refractivity contribution in [2.45, 2.75) is 12.6 Å². The molecule has 0 saturated heterocycles. The van der Waals surface area contributed by atoms with Gasteiger partial charge in [-0.1, -0.05) is 0 Å². The van der Waals surface area contributed by atoms with Crippen LogP contribution in [0.4, 0.5) is 0 Å². The van der Waals surface area contributed by atoms with Gasteiger partial charge >= 0.3 is 0 Å². The minimum Gasteiger partial charge on any atom is -0.497 e. The Morgan fingerprint density at radius 2 is 2.11 bits per heavy atom. The summed E-state index contributed by atoms with van der Waals surface area (Å²) in [7, 11) is 3.41. The van der Waals surface area contributed by atoms with E-state index >= 15 is 0 Å². The van der Waals surface area contributed by atoms with E-state index in [1.807, 2.05) is 12.1 Å². The number of hydrogen-bond acceptors (Lipinski definition) is 2. The van der Waals surface area contributed by atoms with Crippen molar-refractivity contribution < 1.29 is 14.8 Å². The molecule has 0 amide bonds. The van der Waals surface area contributed by atoms with Crippen molar-refractivity contribution in [2.75, 3.05) is 20.8 Å². The maximum Gasteiger partial charge on any atom is 0.156 e. The van der Waals surface area contributed by atoms with Crippen LogP contribution in [0.15, 0.2) is 36.5 Å². The molecule has 1 aromatic carbocycles. The minimum absolute atomic E-state index is 0.272. The Morgan fingerprint density at radius 3 is 2.89 bits per heavy atom. The van der Waals surface area contributed by atoms with E-state index in [9.17, 15) is 0 Å². The van der Waals surface area contributed by atoms with Crippen LogP contribution in [-0.4, -0.2) is 25.3 Å². The van der Waals surface area contributed by atoms with Crippen LogP contribution in [0.1, 0.15) is 17.3 Å². The van der Waals surface area contributed by atoms with Crippen LogP contribution in [0, 0.1) is 0 Å². The van der Waals surface area contributed by atoms with E-state index in [-0.39, 0.29) is 6.04 Å². The van der Waals surface area contributed by atoms with Crippen molar-refractivity contribution in [3.05, 3.63) is 47.8 Å². The predicted octanol–water partition coefficient (Wildman–Crippen LogP) is 1.17. The van der Waals surface area contributed by atoms with Crippen molar-refractivity contribution >= 4 is 0 Å². The van der Waals surface area contributed by atoms with Gasteiger partial charge in [0.15, 0.2) is 6.04 Å². The van der Waals surface area contributed by atoms with Crippen LogP contribution in [0.5, 0.6) is 11.5 Å². The first kappa shape index (κ1) is 12.1. The molecule has 0 radical (unpaired) electrons. The van der Waals surface area contributed by atoms with E-state index in [0.29, 0.717) is 0 Å². The van der Waals surface area contributed by atoms with Gasteiger partial charge in [0.2, 0.25) is 0 Å². The summed E-state index contributed by atoms with van der Waals surface area (Å²) in [5.74, 6) is 1.78. The molecular formula is C15H19N2O2+. The highest BCUT2D eigenvalue weighted by atomic mass is 16.5. The molecule has 0 unspecified atom stereocenters. The highest BCUT2D eigenvalue weighted by Gasteiger charge is 2.27. The van der Waals surface area contributed by atoms with Crippen molar-refractivity contribution in [3.8, 4) is 11.5 Å². The van der Waals surface area contributed by atoms with Crippen molar-refractivity contribution in [1.29, 1.82) is 0 Å². The van der Waals surface area contributed by atoms with Crippen LogP contribution in [-0.2, 0) is 6.54 Å². The molecule has 0 spiro atoms. The fourth-order valence-electron chi connectivity index (χ4n) is 2.78. The summed E-state index contributed by atoms with van der Waals surface area (Å²) in [6.07, 6.45) is 2.14. The maximum absolute atomic E-state index is 5.50. The second-order valence-electron chi connectivity index (χ2n) is 4.74. The van der Waals surface area contributed by atoms with Crippen molar-refractivity contribution in [3.63, 3.8) is 0 Å². The summed E-state index contributed by atoms with van der Waals surface area (Å²) in [5.41, 5.74) is 2.49. The second-order valence-corrected chi connectivity index (χ2v) is 4.74. The number of nitrogens with zero attached hydrogens (tertiary/aromatic N) is 1. The number of fused-ring (bicyclic) bond motifs is 1. The Bertz CT molecular complexity index is 577. The fraction of sp³-hybridized carbons (Fsp3) is 0.333. The Hall–Kier alpha value is -1.94. The first-order valence-electron chi connectivity index (χ1n) is 6.54. The number of aromatic nitrogens is 1. The third kappa shape index (κ3) is 2.08. The summed E-state index contributed by atoms with van der Waals surface area (Å²) in [6.45, 7) is 2.14. The van der Waals surface area contributed by atoms with Crippen LogP contribution >= 0.6 is 0 Å². The van der Waals surface area contributed by atoms with Gasteiger partial charge in [-0.2, -0.15) is 0 Å². The van der Waals surface area contributed by atoms with Gasteiger partial charge in [-0.15, -0.1) is 0 Å². The SMILES string of the molecule is COc1ccc(OC)c([C@@H]2[NH2+]CCn3cccc32)c1. The Morgan fingerprint density at radius 1 is 1.21 bits per heavy atom. The second kappa shape index (κ2) is 4.97. The van der Waals surface area contributed by atoms with E-state index in [1.54, 1.807) is 14.2 Å². The molecular weight excluding hydrogens is 240 g/mol. The highest BCUT2D eigenvalue weighted by Crippen LogP contribution is 2.31. The summed E-state index contributed by atoms with van der Waals surface area (Å²) in [4.78, 5) is 0. The first-order valence-corrected chi connectivity index (χ1v) is 6.54. The first-order chi connectivity index (χ1) is 9.33. The molecule has 1 aliphatic rings. The van der Waals surface area contributed by atoms with Crippen LogP contribution in [0.25, 0.3) is 0 Å². The molecule has 100 valence electrons. The van der Waals surface area contributed by atoms with E-state index in [4.69, 9.17) is 9.47 Å². The largest absolute Gasteiger partial charge is 0.497 e.